The molecule has 15 heavy (non-hydrogen) atoms. The fourth-order valence-electron chi connectivity index (χ4n) is 1.74. The van der Waals surface area contributed by atoms with E-state index in [0.717, 1.165) is 18.1 Å². The van der Waals surface area contributed by atoms with Crippen molar-refractivity contribution in [3.63, 3.8) is 0 Å². The van der Waals surface area contributed by atoms with Gasteiger partial charge in [0, 0.05) is 31.0 Å². The zero-order valence-corrected chi connectivity index (χ0v) is 9.23. The van der Waals surface area contributed by atoms with Crippen LogP contribution in [-0.4, -0.2) is 48.5 Å². The summed E-state index contributed by atoms with van der Waals surface area (Å²) in [6.07, 6.45) is 0.408. The van der Waals surface area contributed by atoms with Crippen LogP contribution in [-0.2, 0) is 9.59 Å². The van der Waals surface area contributed by atoms with Crippen LogP contribution in [0.2, 0.25) is 0 Å². The summed E-state index contributed by atoms with van der Waals surface area (Å²) in [7, 11) is 0. The van der Waals surface area contributed by atoms with Crippen LogP contribution in [0.25, 0.3) is 0 Å². The van der Waals surface area contributed by atoms with Crippen molar-refractivity contribution in [1.82, 2.24) is 16.0 Å². The van der Waals surface area contributed by atoms with Gasteiger partial charge >= 0.3 is 0 Å². The van der Waals surface area contributed by atoms with E-state index in [-0.39, 0.29) is 23.9 Å². The Morgan fingerprint density at radius 2 is 2.40 bits per heavy atom. The van der Waals surface area contributed by atoms with Crippen molar-refractivity contribution in [2.45, 2.75) is 18.5 Å². The zero-order valence-electron chi connectivity index (χ0n) is 8.41. The Morgan fingerprint density at radius 1 is 1.53 bits per heavy atom. The molecule has 2 aliphatic rings. The van der Waals surface area contributed by atoms with Crippen molar-refractivity contribution in [3.8, 4) is 0 Å². The Labute approximate surface area is 92.7 Å². The molecule has 0 radical (unpaired) electrons. The molecule has 0 aromatic heterocycles. The number of amides is 2. The minimum absolute atomic E-state index is 0.0173. The number of nitrogens with one attached hydrogen (secondary N) is 3. The van der Waals surface area contributed by atoms with E-state index >= 15 is 0 Å². The highest BCUT2D eigenvalue weighted by molar-refractivity contribution is 7.99. The molecule has 2 saturated heterocycles. The van der Waals surface area contributed by atoms with E-state index in [2.05, 4.69) is 16.0 Å². The van der Waals surface area contributed by atoms with Gasteiger partial charge in [0.2, 0.25) is 11.8 Å². The third-order valence-corrected chi connectivity index (χ3v) is 3.62. The number of hydrogen-bond acceptors (Lipinski definition) is 4. The first-order valence-electron chi connectivity index (χ1n) is 5.14. The Kier molecular flexibility index (Phi) is 3.48. The van der Waals surface area contributed by atoms with E-state index in [1.165, 1.54) is 0 Å². The third-order valence-electron chi connectivity index (χ3n) is 2.56. The van der Waals surface area contributed by atoms with Crippen molar-refractivity contribution >= 4 is 23.6 Å². The number of carbonyl (C=O) groups excluding carboxylic acids is 2. The fraction of sp³-hybridized carbons (Fsp3) is 0.778. The average Bonchev–Trinajstić information content (AvgIpc) is 2.65. The van der Waals surface area contributed by atoms with Crippen LogP contribution < -0.4 is 16.0 Å². The maximum absolute atomic E-state index is 11.7. The van der Waals surface area contributed by atoms with Crippen LogP contribution in [0.4, 0.5) is 0 Å². The predicted octanol–water partition coefficient (Wildman–Crippen LogP) is -1.30. The van der Waals surface area contributed by atoms with Gasteiger partial charge in [-0.1, -0.05) is 0 Å². The van der Waals surface area contributed by atoms with E-state index in [1.54, 1.807) is 11.8 Å². The molecule has 2 unspecified atom stereocenters. The number of rotatable bonds is 2. The summed E-state index contributed by atoms with van der Waals surface area (Å²) in [5.74, 6) is 1.92. The highest BCUT2D eigenvalue weighted by Gasteiger charge is 2.27. The van der Waals surface area contributed by atoms with E-state index in [9.17, 15) is 9.59 Å². The second kappa shape index (κ2) is 4.85. The van der Waals surface area contributed by atoms with Gasteiger partial charge in [-0.3, -0.25) is 9.59 Å². The molecule has 5 nitrogen and oxygen atoms in total. The second-order valence-electron chi connectivity index (χ2n) is 3.80. The Balaban J connectivity index is 1.78. The lowest BCUT2D eigenvalue weighted by molar-refractivity contribution is -0.123. The minimum Gasteiger partial charge on any atom is -0.354 e. The van der Waals surface area contributed by atoms with Gasteiger partial charge in [-0.05, 0) is 0 Å². The van der Waals surface area contributed by atoms with Gasteiger partial charge in [0.1, 0.15) is 0 Å². The van der Waals surface area contributed by atoms with Crippen LogP contribution in [0.15, 0.2) is 0 Å². The van der Waals surface area contributed by atoms with Crippen molar-refractivity contribution in [1.29, 1.82) is 0 Å². The highest BCUT2D eigenvalue weighted by Crippen LogP contribution is 2.08. The first-order valence-corrected chi connectivity index (χ1v) is 6.29. The average molecular weight is 229 g/mol. The third kappa shape index (κ3) is 2.85. The topological polar surface area (TPSA) is 70.2 Å². The lowest BCUT2D eigenvalue weighted by Gasteiger charge is -2.23. The van der Waals surface area contributed by atoms with Gasteiger partial charge < -0.3 is 16.0 Å². The molecule has 2 heterocycles. The summed E-state index contributed by atoms with van der Waals surface area (Å²) < 4.78 is 0. The molecule has 0 aliphatic carbocycles. The maximum atomic E-state index is 11.7. The summed E-state index contributed by atoms with van der Waals surface area (Å²) in [6, 6.07) is -0.127. The standard InChI is InChI=1S/C9H15N3O2S/c13-8-3-6(4-11-8)12-9(14)7-5-15-2-1-10-7/h6-7,10H,1-5H2,(H,11,13)(H,12,14). The Morgan fingerprint density at radius 3 is 3.00 bits per heavy atom. The summed E-state index contributed by atoms with van der Waals surface area (Å²) in [6.45, 7) is 1.44. The molecule has 2 atom stereocenters. The van der Waals surface area contributed by atoms with Crippen LogP contribution in [0.1, 0.15) is 6.42 Å². The molecule has 0 aromatic carbocycles. The molecule has 0 saturated carbocycles. The summed E-state index contributed by atoms with van der Waals surface area (Å²) in [5, 5.41) is 8.75. The van der Waals surface area contributed by atoms with Crippen LogP contribution >= 0.6 is 11.8 Å². The second-order valence-corrected chi connectivity index (χ2v) is 4.95. The molecule has 6 heteroatoms. The van der Waals surface area contributed by atoms with Gasteiger partial charge in [-0.25, -0.2) is 0 Å². The van der Waals surface area contributed by atoms with E-state index in [4.69, 9.17) is 0 Å². The molecular weight excluding hydrogens is 214 g/mol. The molecule has 0 aromatic rings. The van der Waals surface area contributed by atoms with E-state index < -0.39 is 0 Å². The normalized spacial score (nSPS) is 31.1. The lowest BCUT2D eigenvalue weighted by Crippen LogP contribution is -2.51. The van der Waals surface area contributed by atoms with E-state index in [0.29, 0.717) is 13.0 Å². The molecule has 0 bridgehead atoms. The highest BCUT2D eigenvalue weighted by atomic mass is 32.2. The maximum Gasteiger partial charge on any atom is 0.238 e. The SMILES string of the molecule is O=C1CC(NC(=O)C2CSCCN2)CN1. The Hall–Kier alpha value is -0.750. The Bertz CT molecular complexity index is 266. The number of carbonyl (C=O) groups is 2. The van der Waals surface area contributed by atoms with Crippen LogP contribution in [0, 0.1) is 0 Å². The van der Waals surface area contributed by atoms with Gasteiger partial charge in [0.25, 0.3) is 0 Å². The monoisotopic (exact) mass is 229 g/mol. The summed E-state index contributed by atoms with van der Waals surface area (Å²) >= 11 is 1.78. The van der Waals surface area contributed by atoms with Gasteiger partial charge in [0.15, 0.2) is 0 Å². The van der Waals surface area contributed by atoms with Crippen molar-refractivity contribution in [3.05, 3.63) is 0 Å². The molecule has 2 amide bonds. The summed E-state index contributed by atoms with van der Waals surface area (Å²) in [5.41, 5.74) is 0. The fourth-order valence-corrected chi connectivity index (χ4v) is 2.68. The van der Waals surface area contributed by atoms with Crippen molar-refractivity contribution in [2.75, 3.05) is 24.6 Å². The smallest absolute Gasteiger partial charge is 0.238 e. The summed E-state index contributed by atoms with van der Waals surface area (Å²) in [4.78, 5) is 22.7. The number of hydrogen-bond donors (Lipinski definition) is 3. The molecule has 0 spiro atoms. The van der Waals surface area contributed by atoms with Crippen LogP contribution in [0.5, 0.6) is 0 Å². The molecule has 2 rings (SSSR count). The first-order chi connectivity index (χ1) is 7.25. The van der Waals surface area contributed by atoms with Gasteiger partial charge in [-0.2, -0.15) is 11.8 Å². The van der Waals surface area contributed by atoms with Crippen molar-refractivity contribution < 1.29 is 9.59 Å². The predicted molar refractivity (Wildman–Crippen MR) is 58.7 cm³/mol. The lowest BCUT2D eigenvalue weighted by atomic mass is 10.2. The quantitative estimate of drug-likeness (QED) is 0.550. The largest absolute Gasteiger partial charge is 0.354 e. The van der Waals surface area contributed by atoms with Gasteiger partial charge in [0.05, 0.1) is 12.1 Å². The van der Waals surface area contributed by atoms with Crippen LogP contribution in [0.3, 0.4) is 0 Å². The molecular formula is C9H15N3O2S. The van der Waals surface area contributed by atoms with Crippen molar-refractivity contribution in [2.24, 2.45) is 0 Å². The minimum atomic E-state index is -0.0977. The first kappa shape index (κ1) is 10.8. The molecule has 3 N–H and O–H groups in total. The molecule has 2 aliphatic heterocycles. The van der Waals surface area contributed by atoms with E-state index in [1.807, 2.05) is 0 Å². The van der Waals surface area contributed by atoms with Gasteiger partial charge in [-0.15, -0.1) is 0 Å². The molecule has 84 valence electrons. The zero-order chi connectivity index (χ0) is 10.7. The molecule has 2 fully saturated rings. The number of thioether (sulfide) groups is 1.